The van der Waals surface area contributed by atoms with E-state index in [2.05, 4.69) is 20.5 Å². The number of hydrogen-bond donors (Lipinski definition) is 2. The molecule has 0 unspecified atom stereocenters. The van der Waals surface area contributed by atoms with Gasteiger partial charge in [0.25, 0.3) is 5.91 Å². The summed E-state index contributed by atoms with van der Waals surface area (Å²) in [5.74, 6) is -0.617. The number of aromatic nitrogens is 1. The number of nitrogens with one attached hydrogen (secondary N) is 2. The molecular weight excluding hydrogens is 522 g/mol. The average molecular weight is 548 g/mol. The molecule has 3 amide bonds. The summed E-state index contributed by atoms with van der Waals surface area (Å²) in [4.78, 5) is 34.0. The number of likely N-dealkylation sites (N-methyl/N-ethyl adjacent to an activating group) is 1. The molecule has 1 saturated heterocycles. The number of piperidine rings is 1. The predicted octanol–water partition coefficient (Wildman–Crippen LogP) is 3.77. The van der Waals surface area contributed by atoms with Gasteiger partial charge in [0.2, 0.25) is 0 Å². The second-order valence-corrected chi connectivity index (χ2v) is 12.9. The van der Waals surface area contributed by atoms with Crippen molar-refractivity contribution in [3.05, 3.63) is 46.5 Å². The second kappa shape index (κ2) is 9.62. The summed E-state index contributed by atoms with van der Waals surface area (Å²) in [5.41, 5.74) is 2.76. The molecule has 0 aliphatic carbocycles. The summed E-state index contributed by atoms with van der Waals surface area (Å²) in [6.07, 6.45) is 2.06. The molecule has 0 bridgehead atoms. The third-order valence-electron chi connectivity index (χ3n) is 6.78. The van der Waals surface area contributed by atoms with Crippen molar-refractivity contribution in [1.82, 2.24) is 15.2 Å². The Kier molecular flexibility index (Phi) is 6.67. The van der Waals surface area contributed by atoms with E-state index in [-0.39, 0.29) is 20.6 Å². The number of anilines is 2. The number of likely N-dealkylation sites (tertiary alicyclic amines) is 1. The van der Waals surface area contributed by atoms with Crippen LogP contribution in [-0.4, -0.2) is 69.2 Å². The van der Waals surface area contributed by atoms with Crippen molar-refractivity contribution in [2.75, 3.05) is 43.9 Å². The molecule has 1 fully saturated rings. The van der Waals surface area contributed by atoms with Crippen LogP contribution in [0.1, 0.15) is 28.8 Å². The van der Waals surface area contributed by atoms with Gasteiger partial charge in [-0.15, -0.1) is 0 Å². The summed E-state index contributed by atoms with van der Waals surface area (Å²) in [6, 6.07) is 7.52. The lowest BCUT2D eigenvalue weighted by atomic mass is 10.1. The first-order chi connectivity index (χ1) is 17.1. The highest BCUT2D eigenvalue weighted by Crippen LogP contribution is 2.33. The Bertz CT molecular complexity index is 1460. The minimum absolute atomic E-state index is 0.215. The van der Waals surface area contributed by atoms with Crippen molar-refractivity contribution in [2.45, 2.75) is 29.4 Å². The van der Waals surface area contributed by atoms with Gasteiger partial charge in [0.1, 0.15) is 0 Å². The van der Waals surface area contributed by atoms with Crippen LogP contribution in [0.3, 0.4) is 0 Å². The van der Waals surface area contributed by atoms with E-state index >= 15 is 0 Å². The summed E-state index contributed by atoms with van der Waals surface area (Å²) in [6.45, 7) is 2.35. The van der Waals surface area contributed by atoms with Crippen molar-refractivity contribution < 1.29 is 18.0 Å². The maximum atomic E-state index is 13.1. The lowest BCUT2D eigenvalue weighted by Crippen LogP contribution is -2.37. The van der Waals surface area contributed by atoms with E-state index in [1.165, 1.54) is 0 Å². The number of thiazole rings is 1. The molecule has 190 valence electrons. The number of hydrogen-bond acceptors (Lipinski definition) is 8. The first kappa shape index (κ1) is 24.9. The molecule has 5 rings (SSSR count). The lowest BCUT2D eigenvalue weighted by Gasteiger charge is -2.28. The fourth-order valence-electron chi connectivity index (χ4n) is 4.66. The highest BCUT2D eigenvalue weighted by atomic mass is 35.5. The monoisotopic (exact) mass is 547 g/mol. The zero-order valence-electron chi connectivity index (χ0n) is 19.9. The van der Waals surface area contributed by atoms with Crippen LogP contribution in [0.15, 0.2) is 35.2 Å². The summed E-state index contributed by atoms with van der Waals surface area (Å²) in [5, 5.41) is 5.00. The fourth-order valence-corrected chi connectivity index (χ4v) is 7.67. The predicted molar refractivity (Wildman–Crippen MR) is 142 cm³/mol. The fraction of sp³-hybridized carbons (Fsp3) is 0.375. The van der Waals surface area contributed by atoms with Gasteiger partial charge in [-0.1, -0.05) is 22.9 Å². The molecular formula is C24H26ClN5O4S2. The number of nitrogens with zero attached hydrogens (tertiary/aromatic N) is 3. The Hall–Kier alpha value is -2.73. The van der Waals surface area contributed by atoms with Gasteiger partial charge in [0.05, 0.1) is 30.9 Å². The summed E-state index contributed by atoms with van der Waals surface area (Å²) < 4.78 is 26.9. The minimum atomic E-state index is -3.46. The highest BCUT2D eigenvalue weighted by molar-refractivity contribution is 7.92. The minimum Gasteiger partial charge on any atom is -0.374 e. The van der Waals surface area contributed by atoms with E-state index in [1.54, 1.807) is 30.3 Å². The van der Waals surface area contributed by atoms with Gasteiger partial charge in [0.15, 0.2) is 15.0 Å². The molecule has 0 atom stereocenters. The summed E-state index contributed by atoms with van der Waals surface area (Å²) in [7, 11) is 0.468. The van der Waals surface area contributed by atoms with Crippen molar-refractivity contribution in [1.29, 1.82) is 0 Å². The third kappa shape index (κ3) is 4.80. The van der Waals surface area contributed by atoms with Gasteiger partial charge in [-0.05, 0) is 75.3 Å². The number of carbonyl (C=O) groups is 2. The molecule has 2 N–H and O–H groups in total. The Morgan fingerprint density at radius 3 is 2.61 bits per heavy atom. The number of imide groups is 1. The molecule has 3 aromatic rings. The SMILES string of the molecule is CN1CCC(S(=O)(=O)c2ccc3nc(NC(=O)NC(=O)c4cc5c(cc4Cl)CCN5C)sc3c2)CC1. The smallest absolute Gasteiger partial charge is 0.327 e. The van der Waals surface area contributed by atoms with Crippen LogP contribution in [0.2, 0.25) is 5.02 Å². The highest BCUT2D eigenvalue weighted by Gasteiger charge is 2.31. The largest absolute Gasteiger partial charge is 0.374 e. The zero-order chi connectivity index (χ0) is 25.6. The summed E-state index contributed by atoms with van der Waals surface area (Å²) >= 11 is 7.44. The van der Waals surface area contributed by atoms with E-state index in [4.69, 9.17) is 11.6 Å². The maximum absolute atomic E-state index is 13.1. The van der Waals surface area contributed by atoms with E-state index in [0.717, 1.165) is 48.6 Å². The van der Waals surface area contributed by atoms with Gasteiger partial charge in [-0.25, -0.2) is 18.2 Å². The van der Waals surface area contributed by atoms with Crippen molar-refractivity contribution >= 4 is 65.7 Å². The molecule has 0 saturated carbocycles. The Balaban J connectivity index is 1.29. The Labute approximate surface area is 218 Å². The Morgan fingerprint density at radius 2 is 1.86 bits per heavy atom. The number of halogens is 1. The number of sulfone groups is 1. The average Bonchev–Trinajstić information content (AvgIpc) is 3.40. The van der Waals surface area contributed by atoms with Crippen LogP contribution < -0.4 is 15.5 Å². The van der Waals surface area contributed by atoms with Gasteiger partial charge >= 0.3 is 6.03 Å². The van der Waals surface area contributed by atoms with Crippen LogP contribution in [0.25, 0.3) is 10.2 Å². The quantitative estimate of drug-likeness (QED) is 0.511. The number of amides is 3. The molecule has 1 aromatic heterocycles. The van der Waals surface area contributed by atoms with Gasteiger partial charge in [-0.2, -0.15) is 0 Å². The van der Waals surface area contributed by atoms with Crippen LogP contribution >= 0.6 is 22.9 Å². The Morgan fingerprint density at radius 1 is 1.11 bits per heavy atom. The van der Waals surface area contributed by atoms with Gasteiger partial charge in [0, 0.05) is 19.3 Å². The lowest BCUT2D eigenvalue weighted by molar-refractivity contribution is 0.0967. The van der Waals surface area contributed by atoms with E-state index in [0.29, 0.717) is 23.1 Å². The van der Waals surface area contributed by atoms with Crippen LogP contribution in [-0.2, 0) is 16.3 Å². The molecule has 12 heteroatoms. The molecule has 9 nitrogen and oxygen atoms in total. The van der Waals surface area contributed by atoms with Crippen molar-refractivity contribution in [3.8, 4) is 0 Å². The third-order valence-corrected chi connectivity index (χ3v) is 10.3. The normalized spacial score (nSPS) is 16.8. The standard InChI is InChI=1S/C24H26ClN5O4S2/c1-29-8-6-15(7-9-29)36(33,34)16-3-4-19-21(12-16)35-24(26-19)28-23(32)27-22(31)17-13-20-14(11-18(17)25)5-10-30(20)2/h3-4,11-13,15H,5-10H2,1-2H3,(H2,26,27,28,31,32). The van der Waals surface area contributed by atoms with E-state index in [9.17, 15) is 18.0 Å². The molecule has 3 heterocycles. The van der Waals surface area contributed by atoms with Gasteiger partial charge in [-0.3, -0.25) is 15.4 Å². The van der Waals surface area contributed by atoms with Crippen molar-refractivity contribution in [3.63, 3.8) is 0 Å². The van der Waals surface area contributed by atoms with Crippen LogP contribution in [0, 0.1) is 0 Å². The number of urea groups is 1. The molecule has 2 aliphatic heterocycles. The molecule has 0 radical (unpaired) electrons. The van der Waals surface area contributed by atoms with Gasteiger partial charge < -0.3 is 9.80 Å². The molecule has 0 spiro atoms. The van der Waals surface area contributed by atoms with E-state index in [1.807, 2.05) is 19.0 Å². The maximum Gasteiger partial charge on any atom is 0.327 e. The molecule has 36 heavy (non-hydrogen) atoms. The topological polar surface area (TPSA) is 112 Å². The first-order valence-corrected chi connectivity index (χ1v) is 14.3. The molecule has 2 aliphatic rings. The van der Waals surface area contributed by atoms with Crippen LogP contribution in [0.5, 0.6) is 0 Å². The number of benzene rings is 2. The van der Waals surface area contributed by atoms with Crippen LogP contribution in [0.4, 0.5) is 15.6 Å². The van der Waals surface area contributed by atoms with E-state index < -0.39 is 27.0 Å². The molecule has 2 aromatic carbocycles. The number of rotatable bonds is 4. The zero-order valence-corrected chi connectivity index (χ0v) is 22.3. The first-order valence-electron chi connectivity index (χ1n) is 11.6. The number of carbonyl (C=O) groups excluding carboxylic acids is 2. The second-order valence-electron chi connectivity index (χ2n) is 9.24. The number of fused-ring (bicyclic) bond motifs is 2. The van der Waals surface area contributed by atoms with Crippen molar-refractivity contribution in [2.24, 2.45) is 0 Å².